The fourth-order valence-electron chi connectivity index (χ4n) is 3.71. The number of benzene rings is 2. The van der Waals surface area contributed by atoms with Crippen LogP contribution in [0.1, 0.15) is 18.1 Å². The highest BCUT2D eigenvalue weighted by Gasteiger charge is 2.29. The van der Waals surface area contributed by atoms with Crippen molar-refractivity contribution in [2.45, 2.75) is 31.9 Å². The second-order valence-electron chi connectivity index (χ2n) is 7.08. The van der Waals surface area contributed by atoms with Crippen LogP contribution in [0.3, 0.4) is 0 Å². The van der Waals surface area contributed by atoms with Gasteiger partial charge in [0.1, 0.15) is 0 Å². The van der Waals surface area contributed by atoms with Crippen molar-refractivity contribution in [2.75, 3.05) is 13.2 Å². The molecule has 2 heterocycles. The number of carbonyl (C=O) groups is 1. The number of hydrogen-bond acceptors (Lipinski definition) is 2. The molecule has 26 heavy (non-hydrogen) atoms. The minimum Gasteiger partial charge on any atom is -0.374 e. The molecule has 1 fully saturated rings. The summed E-state index contributed by atoms with van der Waals surface area (Å²) < 4.78 is 5.98. The number of ether oxygens (including phenoxy) is 1. The molecule has 2 atom stereocenters. The van der Waals surface area contributed by atoms with Gasteiger partial charge in [-0.25, -0.2) is 0 Å². The molecule has 134 valence electrons. The van der Waals surface area contributed by atoms with Gasteiger partial charge < -0.3 is 14.6 Å². The number of aromatic nitrogens is 1. The third-order valence-electron chi connectivity index (χ3n) is 5.15. The predicted octanol–water partition coefficient (Wildman–Crippen LogP) is 3.57. The van der Waals surface area contributed by atoms with E-state index < -0.39 is 0 Å². The summed E-state index contributed by atoms with van der Waals surface area (Å²) in [5, 5.41) is 1.13. The average molecular weight is 348 g/mol. The molecule has 0 aliphatic carbocycles. The van der Waals surface area contributed by atoms with Gasteiger partial charge in [-0.2, -0.15) is 0 Å². The molecule has 3 aromatic rings. The normalized spacial score (nSPS) is 20.4. The highest BCUT2D eigenvalue weighted by molar-refractivity contribution is 5.89. The molecule has 1 N–H and O–H groups in total. The number of morpholine rings is 1. The molecule has 0 bridgehead atoms. The van der Waals surface area contributed by atoms with Crippen molar-refractivity contribution in [3.63, 3.8) is 0 Å². The van der Waals surface area contributed by atoms with E-state index in [1.807, 2.05) is 47.5 Å². The minimum absolute atomic E-state index is 0.0560. The van der Waals surface area contributed by atoms with Crippen molar-refractivity contribution in [1.29, 1.82) is 0 Å². The molecule has 1 aliphatic heterocycles. The molecular weight excluding hydrogens is 324 g/mol. The van der Waals surface area contributed by atoms with Crippen molar-refractivity contribution in [3.05, 3.63) is 71.9 Å². The highest BCUT2D eigenvalue weighted by Crippen LogP contribution is 2.21. The number of aromatic amines is 1. The smallest absolute Gasteiger partial charge is 0.227 e. The highest BCUT2D eigenvalue weighted by atomic mass is 16.5. The van der Waals surface area contributed by atoms with Gasteiger partial charge in [-0.15, -0.1) is 0 Å². The number of amides is 1. The first kappa shape index (κ1) is 16.9. The number of nitrogens with zero attached hydrogens (tertiary/aromatic N) is 1. The summed E-state index contributed by atoms with van der Waals surface area (Å²) in [5.74, 6) is 0.170. The molecule has 4 nitrogen and oxygen atoms in total. The van der Waals surface area contributed by atoms with Crippen molar-refractivity contribution >= 4 is 16.8 Å². The van der Waals surface area contributed by atoms with E-state index in [0.717, 1.165) is 22.9 Å². The second-order valence-corrected chi connectivity index (χ2v) is 7.08. The van der Waals surface area contributed by atoms with Crippen LogP contribution in [0, 0.1) is 0 Å². The van der Waals surface area contributed by atoms with E-state index in [1.54, 1.807) is 0 Å². The Balaban J connectivity index is 1.45. The number of para-hydroxylation sites is 1. The Kier molecular flexibility index (Phi) is 4.76. The molecule has 1 amide bonds. The maximum Gasteiger partial charge on any atom is 0.227 e. The van der Waals surface area contributed by atoms with Crippen LogP contribution in [0.15, 0.2) is 60.8 Å². The zero-order valence-corrected chi connectivity index (χ0v) is 15.0. The first-order chi connectivity index (χ1) is 12.7. The van der Waals surface area contributed by atoms with Gasteiger partial charge in [-0.3, -0.25) is 4.79 Å². The molecule has 1 aliphatic rings. The molecule has 4 rings (SSSR count). The Hall–Kier alpha value is -2.59. The van der Waals surface area contributed by atoms with Gasteiger partial charge in [0.15, 0.2) is 0 Å². The number of nitrogens with one attached hydrogen (secondary N) is 1. The Bertz CT molecular complexity index is 887. The third kappa shape index (κ3) is 3.51. The van der Waals surface area contributed by atoms with Crippen LogP contribution in [0.2, 0.25) is 0 Å². The lowest BCUT2D eigenvalue weighted by Crippen LogP contribution is -2.52. The molecule has 2 aromatic carbocycles. The lowest BCUT2D eigenvalue weighted by Gasteiger charge is -2.38. The fourth-order valence-corrected chi connectivity index (χ4v) is 3.71. The van der Waals surface area contributed by atoms with E-state index in [0.29, 0.717) is 19.6 Å². The van der Waals surface area contributed by atoms with E-state index in [1.165, 1.54) is 5.56 Å². The van der Waals surface area contributed by atoms with Gasteiger partial charge in [-0.1, -0.05) is 48.5 Å². The number of hydrogen-bond donors (Lipinski definition) is 1. The van der Waals surface area contributed by atoms with Crippen LogP contribution in [0.4, 0.5) is 0 Å². The zero-order chi connectivity index (χ0) is 17.9. The standard InChI is InChI=1S/C22H24N2O2/c1-16-15-26-19(11-17-7-3-2-4-8-17)14-24(16)22(25)12-18-13-23-21-10-6-5-9-20(18)21/h2-10,13,16,19,23H,11-12,14-15H2,1H3. The van der Waals surface area contributed by atoms with Crippen molar-refractivity contribution in [2.24, 2.45) is 0 Å². The minimum atomic E-state index is 0.0560. The average Bonchev–Trinajstić information content (AvgIpc) is 3.07. The molecule has 1 saturated heterocycles. The summed E-state index contributed by atoms with van der Waals surface area (Å²) in [7, 11) is 0. The van der Waals surface area contributed by atoms with Crippen LogP contribution in [0.25, 0.3) is 10.9 Å². The van der Waals surface area contributed by atoms with Gasteiger partial charge in [0.25, 0.3) is 0 Å². The molecule has 0 radical (unpaired) electrons. The monoisotopic (exact) mass is 348 g/mol. The van der Waals surface area contributed by atoms with Crippen LogP contribution >= 0.6 is 0 Å². The summed E-state index contributed by atoms with van der Waals surface area (Å²) in [6.45, 7) is 3.31. The van der Waals surface area contributed by atoms with Gasteiger partial charge in [0, 0.05) is 30.1 Å². The topological polar surface area (TPSA) is 45.3 Å². The van der Waals surface area contributed by atoms with Gasteiger partial charge in [0.2, 0.25) is 5.91 Å². The Morgan fingerprint density at radius 2 is 1.92 bits per heavy atom. The van der Waals surface area contributed by atoms with E-state index in [9.17, 15) is 4.79 Å². The summed E-state index contributed by atoms with van der Waals surface area (Å²) in [4.78, 5) is 18.2. The third-order valence-corrected chi connectivity index (χ3v) is 5.15. The number of fused-ring (bicyclic) bond motifs is 1. The molecule has 0 spiro atoms. The van der Waals surface area contributed by atoms with E-state index >= 15 is 0 Å². The maximum absolute atomic E-state index is 13.0. The van der Waals surface area contributed by atoms with Crippen molar-refractivity contribution in [3.8, 4) is 0 Å². The van der Waals surface area contributed by atoms with Gasteiger partial charge in [-0.05, 0) is 24.1 Å². The van der Waals surface area contributed by atoms with Crippen LogP contribution in [-0.2, 0) is 22.4 Å². The molecule has 1 aromatic heterocycles. The van der Waals surface area contributed by atoms with E-state index in [2.05, 4.69) is 30.1 Å². The number of carbonyl (C=O) groups excluding carboxylic acids is 1. The summed E-state index contributed by atoms with van der Waals surface area (Å²) >= 11 is 0. The Morgan fingerprint density at radius 3 is 2.77 bits per heavy atom. The summed E-state index contributed by atoms with van der Waals surface area (Å²) in [6, 6.07) is 18.6. The number of H-pyrrole nitrogens is 1. The Labute approximate surface area is 153 Å². The SMILES string of the molecule is CC1COC(Cc2ccccc2)CN1C(=O)Cc1c[nH]c2ccccc12. The van der Waals surface area contributed by atoms with Gasteiger partial charge in [0.05, 0.1) is 25.2 Å². The molecule has 2 unspecified atom stereocenters. The summed E-state index contributed by atoms with van der Waals surface area (Å²) in [5.41, 5.74) is 3.38. The largest absolute Gasteiger partial charge is 0.374 e. The van der Waals surface area contributed by atoms with Crippen molar-refractivity contribution < 1.29 is 9.53 Å². The second kappa shape index (κ2) is 7.34. The predicted molar refractivity (Wildman–Crippen MR) is 103 cm³/mol. The lowest BCUT2D eigenvalue weighted by molar-refractivity contribution is -0.143. The summed E-state index contributed by atoms with van der Waals surface area (Å²) in [6.07, 6.45) is 3.27. The van der Waals surface area contributed by atoms with Crippen molar-refractivity contribution in [1.82, 2.24) is 9.88 Å². The molecule has 4 heteroatoms. The maximum atomic E-state index is 13.0. The lowest BCUT2D eigenvalue weighted by atomic mass is 10.0. The molecular formula is C22H24N2O2. The van der Waals surface area contributed by atoms with Crippen LogP contribution in [0.5, 0.6) is 0 Å². The Morgan fingerprint density at radius 1 is 1.15 bits per heavy atom. The zero-order valence-electron chi connectivity index (χ0n) is 15.0. The first-order valence-corrected chi connectivity index (χ1v) is 9.20. The quantitative estimate of drug-likeness (QED) is 0.783. The first-order valence-electron chi connectivity index (χ1n) is 9.20. The van der Waals surface area contributed by atoms with Crippen LogP contribution in [-0.4, -0.2) is 41.1 Å². The van der Waals surface area contributed by atoms with E-state index in [-0.39, 0.29) is 18.1 Å². The molecule has 0 saturated carbocycles. The van der Waals surface area contributed by atoms with Crippen LogP contribution < -0.4 is 0 Å². The van der Waals surface area contributed by atoms with E-state index in [4.69, 9.17) is 4.74 Å². The fraction of sp³-hybridized carbons (Fsp3) is 0.318. The van der Waals surface area contributed by atoms with Gasteiger partial charge >= 0.3 is 0 Å². The number of rotatable bonds is 4.